The number of esters is 1. The summed E-state index contributed by atoms with van der Waals surface area (Å²) in [6.07, 6.45) is 1.35. The highest BCUT2D eigenvalue weighted by Crippen LogP contribution is 2.19. The molecule has 1 heterocycles. The second-order valence-electron chi connectivity index (χ2n) is 2.98. The van der Waals surface area contributed by atoms with E-state index in [1.54, 1.807) is 6.92 Å². The maximum atomic E-state index is 11.4. The van der Waals surface area contributed by atoms with E-state index in [2.05, 4.69) is 9.72 Å². The van der Waals surface area contributed by atoms with Gasteiger partial charge in [-0.1, -0.05) is 6.92 Å². The smallest absolute Gasteiger partial charge is 0.339 e. The second kappa shape index (κ2) is 4.09. The highest BCUT2D eigenvalue weighted by molar-refractivity contribution is 5.95. The maximum absolute atomic E-state index is 11.4. The molecule has 0 saturated heterocycles. The van der Waals surface area contributed by atoms with E-state index in [0.717, 1.165) is 11.8 Å². The fourth-order valence-electron chi connectivity index (χ4n) is 1.55. The third-order valence-corrected chi connectivity index (χ3v) is 2.18. The molecule has 0 fully saturated rings. The number of hydrogen-bond acceptors (Lipinski definition) is 3. The van der Waals surface area contributed by atoms with E-state index in [0.29, 0.717) is 23.4 Å². The van der Waals surface area contributed by atoms with E-state index in [1.165, 1.54) is 7.11 Å². The number of hydrogen-bond donors (Lipinski definition) is 1. The van der Waals surface area contributed by atoms with Crippen LogP contribution >= 0.6 is 0 Å². The number of H-pyrrole nitrogens is 1. The minimum absolute atomic E-state index is 0.399. The van der Waals surface area contributed by atoms with Crippen molar-refractivity contribution in [1.29, 1.82) is 0 Å². The number of aromatic nitrogens is 1. The van der Waals surface area contributed by atoms with Crippen LogP contribution in [0.1, 0.15) is 39.0 Å². The molecule has 1 N–H and O–H groups in total. The fraction of sp³-hybridized carbons (Fsp3) is 0.400. The monoisotopic (exact) mass is 195 g/mol. The van der Waals surface area contributed by atoms with Gasteiger partial charge in [-0.25, -0.2) is 4.79 Å². The Hall–Kier alpha value is -1.58. The summed E-state index contributed by atoms with van der Waals surface area (Å²) in [7, 11) is 1.33. The van der Waals surface area contributed by atoms with Gasteiger partial charge < -0.3 is 9.72 Å². The third kappa shape index (κ3) is 1.55. The summed E-state index contributed by atoms with van der Waals surface area (Å²) in [6, 6.07) is 0. The minimum Gasteiger partial charge on any atom is -0.465 e. The van der Waals surface area contributed by atoms with Gasteiger partial charge in [0.15, 0.2) is 6.29 Å². The van der Waals surface area contributed by atoms with Gasteiger partial charge in [-0.2, -0.15) is 0 Å². The van der Waals surface area contributed by atoms with Crippen LogP contribution in [0.2, 0.25) is 0 Å². The Morgan fingerprint density at radius 1 is 1.57 bits per heavy atom. The van der Waals surface area contributed by atoms with Crippen molar-refractivity contribution in [1.82, 2.24) is 4.98 Å². The third-order valence-electron chi connectivity index (χ3n) is 2.18. The number of carbonyl (C=O) groups excluding carboxylic acids is 2. The minimum atomic E-state index is -0.399. The lowest BCUT2D eigenvalue weighted by molar-refractivity contribution is 0.0599. The zero-order chi connectivity index (χ0) is 10.7. The molecule has 0 saturated carbocycles. The average molecular weight is 195 g/mol. The molecule has 76 valence electrons. The van der Waals surface area contributed by atoms with Crippen LogP contribution in [-0.2, 0) is 11.2 Å². The molecule has 0 unspecified atom stereocenters. The number of methoxy groups -OCH3 is 1. The SMILES string of the molecule is CCc1c(C=O)[nH]c(C)c1C(=O)OC. The molecule has 0 amide bonds. The number of rotatable bonds is 3. The summed E-state index contributed by atoms with van der Waals surface area (Å²) in [4.78, 5) is 24.9. The van der Waals surface area contributed by atoms with Gasteiger partial charge in [-0.15, -0.1) is 0 Å². The van der Waals surface area contributed by atoms with Crippen molar-refractivity contribution in [3.05, 3.63) is 22.5 Å². The van der Waals surface area contributed by atoms with Crippen molar-refractivity contribution in [3.63, 3.8) is 0 Å². The number of ether oxygens (including phenoxy) is 1. The highest BCUT2D eigenvalue weighted by Gasteiger charge is 2.19. The van der Waals surface area contributed by atoms with Crippen LogP contribution in [0.15, 0.2) is 0 Å². The van der Waals surface area contributed by atoms with Crippen LogP contribution < -0.4 is 0 Å². The Morgan fingerprint density at radius 3 is 2.64 bits per heavy atom. The molecule has 0 spiro atoms. The van der Waals surface area contributed by atoms with E-state index in [9.17, 15) is 9.59 Å². The first-order valence-corrected chi connectivity index (χ1v) is 4.40. The average Bonchev–Trinajstić information content (AvgIpc) is 2.53. The number of aryl methyl sites for hydroxylation is 1. The van der Waals surface area contributed by atoms with Crippen LogP contribution in [0.5, 0.6) is 0 Å². The molecule has 0 aromatic carbocycles. The maximum Gasteiger partial charge on any atom is 0.339 e. The van der Waals surface area contributed by atoms with Crippen LogP contribution in [0.4, 0.5) is 0 Å². The summed E-state index contributed by atoms with van der Waals surface area (Å²) < 4.78 is 4.64. The van der Waals surface area contributed by atoms with Crippen LogP contribution in [0.3, 0.4) is 0 Å². The Labute approximate surface area is 82.3 Å². The topological polar surface area (TPSA) is 59.2 Å². The first kappa shape index (κ1) is 10.5. The largest absolute Gasteiger partial charge is 0.465 e. The molecule has 1 rings (SSSR count). The van der Waals surface area contributed by atoms with Gasteiger partial charge in [0.05, 0.1) is 18.4 Å². The lowest BCUT2D eigenvalue weighted by Crippen LogP contribution is -2.05. The van der Waals surface area contributed by atoms with E-state index in [1.807, 2.05) is 6.92 Å². The van der Waals surface area contributed by atoms with Crippen LogP contribution in [0, 0.1) is 6.92 Å². The van der Waals surface area contributed by atoms with Gasteiger partial charge in [0.1, 0.15) is 0 Å². The molecule has 0 aliphatic rings. The number of nitrogens with one attached hydrogen (secondary N) is 1. The molecule has 0 aliphatic heterocycles. The Kier molecular flexibility index (Phi) is 3.06. The first-order valence-electron chi connectivity index (χ1n) is 4.40. The standard InChI is InChI=1S/C10H13NO3/c1-4-7-8(5-12)11-6(2)9(7)10(13)14-3/h5,11H,4H2,1-3H3. The van der Waals surface area contributed by atoms with Gasteiger partial charge >= 0.3 is 5.97 Å². The number of aldehydes is 1. The summed E-state index contributed by atoms with van der Waals surface area (Å²) in [5.41, 5.74) is 2.35. The fourth-order valence-corrected chi connectivity index (χ4v) is 1.55. The zero-order valence-electron chi connectivity index (χ0n) is 8.51. The molecule has 0 atom stereocenters. The van der Waals surface area contributed by atoms with Crippen molar-refractivity contribution in [2.45, 2.75) is 20.3 Å². The molecule has 0 bridgehead atoms. The Bertz CT molecular complexity index is 366. The predicted octanol–water partition coefficient (Wildman–Crippen LogP) is 1.48. The lowest BCUT2D eigenvalue weighted by atomic mass is 10.1. The Morgan fingerprint density at radius 2 is 2.21 bits per heavy atom. The summed E-state index contributed by atoms with van der Waals surface area (Å²) in [6.45, 7) is 3.64. The molecular formula is C10H13NO3. The first-order chi connectivity index (χ1) is 6.65. The van der Waals surface area contributed by atoms with Crippen molar-refractivity contribution in [2.75, 3.05) is 7.11 Å². The highest BCUT2D eigenvalue weighted by atomic mass is 16.5. The molecular weight excluding hydrogens is 182 g/mol. The molecule has 1 aromatic heterocycles. The molecule has 4 nitrogen and oxygen atoms in total. The van der Waals surface area contributed by atoms with Gasteiger partial charge in [0.2, 0.25) is 0 Å². The Balaban J connectivity index is 3.32. The van der Waals surface area contributed by atoms with Crippen LogP contribution in [0.25, 0.3) is 0 Å². The summed E-state index contributed by atoms with van der Waals surface area (Å²) >= 11 is 0. The molecule has 1 aromatic rings. The van der Waals surface area contributed by atoms with E-state index >= 15 is 0 Å². The van der Waals surface area contributed by atoms with Crippen molar-refractivity contribution in [3.8, 4) is 0 Å². The normalized spacial score (nSPS) is 9.93. The van der Waals surface area contributed by atoms with Gasteiger partial charge in [0, 0.05) is 5.69 Å². The molecule has 0 radical (unpaired) electrons. The van der Waals surface area contributed by atoms with Gasteiger partial charge in [-0.3, -0.25) is 4.79 Å². The predicted molar refractivity (Wildman–Crippen MR) is 51.6 cm³/mol. The van der Waals surface area contributed by atoms with E-state index in [4.69, 9.17) is 0 Å². The molecule has 14 heavy (non-hydrogen) atoms. The lowest BCUT2D eigenvalue weighted by Gasteiger charge is -2.00. The van der Waals surface area contributed by atoms with Crippen molar-refractivity contribution in [2.24, 2.45) is 0 Å². The van der Waals surface area contributed by atoms with E-state index < -0.39 is 5.97 Å². The summed E-state index contributed by atoms with van der Waals surface area (Å²) in [5.74, 6) is -0.399. The number of aromatic amines is 1. The molecule has 4 heteroatoms. The van der Waals surface area contributed by atoms with E-state index in [-0.39, 0.29) is 0 Å². The molecule has 0 aliphatic carbocycles. The zero-order valence-corrected chi connectivity index (χ0v) is 8.51. The van der Waals surface area contributed by atoms with Crippen molar-refractivity contribution >= 4 is 12.3 Å². The van der Waals surface area contributed by atoms with Gasteiger partial charge in [0.25, 0.3) is 0 Å². The van der Waals surface area contributed by atoms with Gasteiger partial charge in [-0.05, 0) is 18.9 Å². The second-order valence-corrected chi connectivity index (χ2v) is 2.98. The van der Waals surface area contributed by atoms with Crippen LogP contribution in [-0.4, -0.2) is 24.3 Å². The van der Waals surface area contributed by atoms with Crippen molar-refractivity contribution < 1.29 is 14.3 Å². The quantitative estimate of drug-likeness (QED) is 0.587. The summed E-state index contributed by atoms with van der Waals surface area (Å²) in [5, 5.41) is 0. The number of carbonyl (C=O) groups is 2.